The number of carbonyl (C=O) groups excluding carboxylic acids is 2. The Kier molecular flexibility index (Phi) is 7.10. The number of methoxy groups -OCH3 is 1. The third-order valence-corrected chi connectivity index (χ3v) is 6.40. The number of carbonyl (C=O) groups is 2. The first kappa shape index (κ1) is 20.8. The van der Waals surface area contributed by atoms with Crippen LogP contribution in [0.5, 0.6) is 5.75 Å². The van der Waals surface area contributed by atoms with Crippen molar-refractivity contribution in [2.45, 2.75) is 56.0 Å². The van der Waals surface area contributed by atoms with Crippen LogP contribution >= 0.6 is 11.8 Å². The zero-order chi connectivity index (χ0) is 20.1. The van der Waals surface area contributed by atoms with E-state index in [2.05, 4.69) is 6.92 Å². The van der Waals surface area contributed by atoms with Gasteiger partial charge in [0.1, 0.15) is 12.4 Å². The Morgan fingerprint density at radius 2 is 2.07 bits per heavy atom. The maximum absolute atomic E-state index is 13.0. The Hall–Kier alpha value is -1.89. The van der Waals surface area contributed by atoms with Crippen LogP contribution in [0.2, 0.25) is 0 Å². The number of piperidine rings is 1. The van der Waals surface area contributed by atoms with Crippen molar-refractivity contribution in [3.05, 3.63) is 23.8 Å². The standard InChI is InChI=1S/C21H30N2O4S/c1-4-5-6-16-14-27-21(25)23(16)15-9-11-22(12-10-15)20(24)18-8-7-17(28-3)13-19(18)26-2/h7-8,13,15-16H,4-6,9-12,14H2,1-3H3. The maximum Gasteiger partial charge on any atom is 0.410 e. The Balaban J connectivity index is 1.63. The smallest absolute Gasteiger partial charge is 0.410 e. The number of hydrogen-bond acceptors (Lipinski definition) is 5. The van der Waals surface area contributed by atoms with E-state index in [-0.39, 0.29) is 24.1 Å². The molecule has 28 heavy (non-hydrogen) atoms. The fourth-order valence-corrected chi connectivity index (χ4v) is 4.50. The lowest BCUT2D eigenvalue weighted by atomic mass is 9.99. The third-order valence-electron chi connectivity index (χ3n) is 5.68. The van der Waals surface area contributed by atoms with Gasteiger partial charge in [-0.3, -0.25) is 9.69 Å². The molecule has 2 heterocycles. The second-order valence-corrected chi connectivity index (χ2v) is 8.25. The number of likely N-dealkylation sites (tertiary alicyclic amines) is 1. The molecule has 0 saturated carbocycles. The molecule has 1 aromatic carbocycles. The van der Waals surface area contributed by atoms with Gasteiger partial charge in [0.05, 0.1) is 18.7 Å². The van der Waals surface area contributed by atoms with Gasteiger partial charge in [-0.2, -0.15) is 0 Å². The summed E-state index contributed by atoms with van der Waals surface area (Å²) in [5.41, 5.74) is 0.597. The second kappa shape index (κ2) is 9.54. The number of rotatable bonds is 7. The van der Waals surface area contributed by atoms with Gasteiger partial charge in [-0.1, -0.05) is 19.8 Å². The molecule has 0 bridgehead atoms. The first-order valence-corrected chi connectivity index (χ1v) is 11.3. The molecule has 2 aliphatic rings. The van der Waals surface area contributed by atoms with Crippen molar-refractivity contribution in [1.29, 1.82) is 0 Å². The highest BCUT2D eigenvalue weighted by Crippen LogP contribution is 2.30. The van der Waals surface area contributed by atoms with Gasteiger partial charge in [0.2, 0.25) is 0 Å². The van der Waals surface area contributed by atoms with E-state index in [9.17, 15) is 9.59 Å². The molecule has 7 heteroatoms. The van der Waals surface area contributed by atoms with Gasteiger partial charge in [0, 0.05) is 24.0 Å². The summed E-state index contributed by atoms with van der Waals surface area (Å²) in [7, 11) is 1.60. The largest absolute Gasteiger partial charge is 0.496 e. The van der Waals surface area contributed by atoms with Crippen molar-refractivity contribution in [2.24, 2.45) is 0 Å². The monoisotopic (exact) mass is 406 g/mol. The van der Waals surface area contributed by atoms with E-state index in [1.54, 1.807) is 18.9 Å². The van der Waals surface area contributed by atoms with Crippen LogP contribution in [-0.4, -0.2) is 66.9 Å². The quantitative estimate of drug-likeness (QED) is 0.640. The first-order chi connectivity index (χ1) is 13.6. The Morgan fingerprint density at radius 3 is 2.71 bits per heavy atom. The maximum atomic E-state index is 13.0. The fraction of sp³-hybridized carbons (Fsp3) is 0.619. The second-order valence-electron chi connectivity index (χ2n) is 7.37. The van der Waals surface area contributed by atoms with Gasteiger partial charge in [-0.25, -0.2) is 4.79 Å². The van der Waals surface area contributed by atoms with E-state index in [0.717, 1.165) is 37.0 Å². The van der Waals surface area contributed by atoms with Crippen LogP contribution in [0.15, 0.2) is 23.1 Å². The first-order valence-electron chi connectivity index (χ1n) is 10.0. The van der Waals surface area contributed by atoms with Crippen molar-refractivity contribution >= 4 is 23.8 Å². The number of nitrogens with zero attached hydrogens (tertiary/aromatic N) is 2. The van der Waals surface area contributed by atoms with Gasteiger partial charge in [0.25, 0.3) is 5.91 Å². The molecule has 0 radical (unpaired) electrons. The zero-order valence-electron chi connectivity index (χ0n) is 17.0. The third kappa shape index (κ3) is 4.40. The van der Waals surface area contributed by atoms with E-state index < -0.39 is 0 Å². The van der Waals surface area contributed by atoms with E-state index in [4.69, 9.17) is 9.47 Å². The van der Waals surface area contributed by atoms with E-state index >= 15 is 0 Å². The Labute approximate surface area is 171 Å². The van der Waals surface area contributed by atoms with E-state index in [0.29, 0.717) is 31.0 Å². The molecule has 2 saturated heterocycles. The normalized spacial score (nSPS) is 20.4. The van der Waals surface area contributed by atoms with E-state index in [1.165, 1.54) is 0 Å². The van der Waals surface area contributed by atoms with Crippen LogP contribution < -0.4 is 4.74 Å². The van der Waals surface area contributed by atoms with Gasteiger partial charge in [-0.05, 0) is 43.7 Å². The fourth-order valence-electron chi connectivity index (χ4n) is 4.07. The van der Waals surface area contributed by atoms with Crippen LogP contribution in [-0.2, 0) is 4.74 Å². The average Bonchev–Trinajstić information content (AvgIpc) is 3.11. The molecule has 0 spiro atoms. The highest BCUT2D eigenvalue weighted by Gasteiger charge is 2.39. The average molecular weight is 407 g/mol. The zero-order valence-corrected chi connectivity index (χ0v) is 17.8. The molecule has 1 atom stereocenters. The summed E-state index contributed by atoms with van der Waals surface area (Å²) < 4.78 is 10.7. The molecule has 154 valence electrons. The van der Waals surface area contributed by atoms with E-state index in [1.807, 2.05) is 34.3 Å². The predicted octanol–water partition coefficient (Wildman–Crippen LogP) is 4.03. The van der Waals surface area contributed by atoms with Gasteiger partial charge in [-0.15, -0.1) is 11.8 Å². The number of hydrogen-bond donors (Lipinski definition) is 0. The van der Waals surface area contributed by atoms with Gasteiger partial charge in [0.15, 0.2) is 0 Å². The molecule has 0 N–H and O–H groups in total. The molecule has 2 fully saturated rings. The lowest BCUT2D eigenvalue weighted by Crippen LogP contribution is -2.49. The molecular weight excluding hydrogens is 376 g/mol. The number of unbranched alkanes of at least 4 members (excludes halogenated alkanes) is 1. The number of cyclic esters (lactones) is 1. The van der Waals surface area contributed by atoms with Crippen molar-refractivity contribution in [3.63, 3.8) is 0 Å². The molecule has 1 aromatic rings. The summed E-state index contributed by atoms with van der Waals surface area (Å²) in [5.74, 6) is 0.608. The SMILES string of the molecule is CCCCC1COC(=O)N1C1CCN(C(=O)c2ccc(SC)cc2OC)CC1. The molecule has 6 nitrogen and oxygen atoms in total. The number of benzene rings is 1. The van der Waals surface area contributed by atoms with Crippen LogP contribution in [0, 0.1) is 0 Å². The number of thioether (sulfide) groups is 1. The predicted molar refractivity (Wildman–Crippen MR) is 110 cm³/mol. The van der Waals surface area contributed by atoms with Gasteiger partial charge < -0.3 is 14.4 Å². The molecule has 0 aliphatic carbocycles. The summed E-state index contributed by atoms with van der Waals surface area (Å²) in [4.78, 5) is 30.1. The minimum atomic E-state index is -0.194. The Morgan fingerprint density at radius 1 is 1.32 bits per heavy atom. The van der Waals surface area contributed by atoms with Crippen molar-refractivity contribution < 1.29 is 19.1 Å². The summed E-state index contributed by atoms with van der Waals surface area (Å²) >= 11 is 1.62. The summed E-state index contributed by atoms with van der Waals surface area (Å²) in [5, 5.41) is 0. The molecule has 0 aromatic heterocycles. The summed E-state index contributed by atoms with van der Waals surface area (Å²) in [6.07, 6.45) is 6.58. The van der Waals surface area contributed by atoms with Crippen LogP contribution in [0.4, 0.5) is 4.79 Å². The highest BCUT2D eigenvalue weighted by atomic mass is 32.2. The van der Waals surface area contributed by atoms with Crippen molar-refractivity contribution in [3.8, 4) is 5.75 Å². The summed E-state index contributed by atoms with van der Waals surface area (Å²) in [6.45, 7) is 3.94. The minimum absolute atomic E-state index is 0.00511. The lowest BCUT2D eigenvalue weighted by Gasteiger charge is -2.38. The van der Waals surface area contributed by atoms with Gasteiger partial charge >= 0.3 is 6.09 Å². The van der Waals surface area contributed by atoms with Crippen molar-refractivity contribution in [2.75, 3.05) is 33.1 Å². The highest BCUT2D eigenvalue weighted by molar-refractivity contribution is 7.98. The van der Waals surface area contributed by atoms with Crippen LogP contribution in [0.1, 0.15) is 49.4 Å². The topological polar surface area (TPSA) is 59.1 Å². The molecule has 2 aliphatic heterocycles. The number of ether oxygens (including phenoxy) is 2. The molecule has 3 rings (SSSR count). The van der Waals surface area contributed by atoms with Crippen LogP contribution in [0.25, 0.3) is 0 Å². The number of amides is 2. The molecular formula is C21H30N2O4S. The van der Waals surface area contributed by atoms with Crippen LogP contribution in [0.3, 0.4) is 0 Å². The molecule has 2 amide bonds. The minimum Gasteiger partial charge on any atom is -0.496 e. The lowest BCUT2D eigenvalue weighted by molar-refractivity contribution is 0.0630. The summed E-state index contributed by atoms with van der Waals surface area (Å²) in [6, 6.07) is 6.03. The molecule has 1 unspecified atom stereocenters. The Bertz CT molecular complexity index is 704. The van der Waals surface area contributed by atoms with Crippen molar-refractivity contribution in [1.82, 2.24) is 9.80 Å².